The molecule has 0 spiro atoms. The highest BCUT2D eigenvalue weighted by Gasteiger charge is 2.20. The Bertz CT molecular complexity index is 1190. The number of piperazine rings is 1. The fraction of sp³-hybridized carbons (Fsp3) is 0.414. The summed E-state index contributed by atoms with van der Waals surface area (Å²) in [5, 5.41) is 0.746. The van der Waals surface area contributed by atoms with E-state index < -0.39 is 0 Å². The molecule has 0 bridgehead atoms. The molecule has 0 unspecified atom stereocenters. The third kappa shape index (κ3) is 7.08. The summed E-state index contributed by atoms with van der Waals surface area (Å²) in [5.41, 5.74) is 4.01. The van der Waals surface area contributed by atoms with Crippen molar-refractivity contribution in [1.29, 1.82) is 0 Å². The van der Waals surface area contributed by atoms with Crippen LogP contribution >= 0.6 is 11.8 Å². The van der Waals surface area contributed by atoms with Gasteiger partial charge in [0.2, 0.25) is 5.91 Å². The molecule has 36 heavy (non-hydrogen) atoms. The smallest absolute Gasteiger partial charge is 0.257 e. The van der Waals surface area contributed by atoms with Gasteiger partial charge in [-0.05, 0) is 30.9 Å². The van der Waals surface area contributed by atoms with Crippen molar-refractivity contribution in [1.82, 2.24) is 19.4 Å². The van der Waals surface area contributed by atoms with Crippen LogP contribution in [-0.4, -0.2) is 57.2 Å². The summed E-state index contributed by atoms with van der Waals surface area (Å²) >= 11 is 1.60. The molecule has 190 valence electrons. The topological polar surface area (TPSA) is 58.4 Å². The third-order valence-corrected chi connectivity index (χ3v) is 7.88. The monoisotopic (exact) mass is 504 g/mol. The van der Waals surface area contributed by atoms with Crippen molar-refractivity contribution in [3.8, 4) is 0 Å². The highest BCUT2D eigenvalue weighted by atomic mass is 32.2. The van der Waals surface area contributed by atoms with E-state index in [1.807, 2.05) is 48.2 Å². The van der Waals surface area contributed by atoms with E-state index in [2.05, 4.69) is 29.2 Å². The second-order valence-electron chi connectivity index (χ2n) is 9.43. The lowest BCUT2D eigenvalue weighted by Crippen LogP contribution is -2.48. The Morgan fingerprint density at radius 2 is 1.56 bits per heavy atom. The van der Waals surface area contributed by atoms with Gasteiger partial charge in [0.25, 0.3) is 5.56 Å². The average Bonchev–Trinajstić information content (AvgIpc) is 2.90. The molecular formula is C29H36N4O2S. The van der Waals surface area contributed by atoms with Crippen LogP contribution in [0.2, 0.25) is 0 Å². The fourth-order valence-corrected chi connectivity index (χ4v) is 5.57. The fourth-order valence-electron chi connectivity index (χ4n) is 4.56. The Balaban J connectivity index is 1.18. The molecule has 0 radical (unpaired) electrons. The van der Waals surface area contributed by atoms with E-state index in [1.54, 1.807) is 23.4 Å². The number of carbonyl (C=O) groups is 1. The summed E-state index contributed by atoms with van der Waals surface area (Å²) in [4.78, 5) is 34.8. The van der Waals surface area contributed by atoms with Crippen molar-refractivity contribution >= 4 is 17.7 Å². The lowest BCUT2D eigenvalue weighted by atomic mass is 10.1. The maximum Gasteiger partial charge on any atom is 0.257 e. The molecule has 1 fully saturated rings. The molecule has 0 N–H and O–H groups in total. The molecule has 4 rings (SSSR count). The lowest BCUT2D eigenvalue weighted by molar-refractivity contribution is -0.133. The number of amides is 1. The largest absolute Gasteiger partial charge is 0.340 e. The van der Waals surface area contributed by atoms with Crippen LogP contribution in [0.5, 0.6) is 0 Å². The predicted molar refractivity (Wildman–Crippen MR) is 146 cm³/mol. The Kier molecular flexibility index (Phi) is 9.36. The number of thioether (sulfide) groups is 1. The number of nitrogens with zero attached hydrogens (tertiary/aromatic N) is 4. The first kappa shape index (κ1) is 26.2. The zero-order valence-corrected chi connectivity index (χ0v) is 22.2. The van der Waals surface area contributed by atoms with Gasteiger partial charge in [0.1, 0.15) is 0 Å². The molecule has 3 aromatic rings. The highest BCUT2D eigenvalue weighted by molar-refractivity contribution is 7.99. The number of benzene rings is 2. The molecule has 6 nitrogen and oxygen atoms in total. The quantitative estimate of drug-likeness (QED) is 0.234. The maximum atomic E-state index is 12.9. The number of rotatable bonds is 10. The van der Waals surface area contributed by atoms with Gasteiger partial charge in [0.05, 0.1) is 0 Å². The normalized spacial score (nSPS) is 14.2. The molecule has 1 aliphatic heterocycles. The number of aromatic nitrogens is 2. The van der Waals surface area contributed by atoms with Gasteiger partial charge < -0.3 is 4.90 Å². The standard InChI is InChI=1S/C29H36N4O2S/c1-23-26(21-24-11-5-3-6-12-24)28(35)31(2)29(30-23)36-20-10-9-15-27(34)33-18-16-32(17-19-33)22-25-13-7-4-8-14-25/h3-8,11-14H,9-10,15-22H2,1-2H3. The van der Waals surface area contributed by atoms with E-state index >= 15 is 0 Å². The SMILES string of the molecule is Cc1nc(SCCCCC(=O)N2CCN(Cc3ccccc3)CC2)n(C)c(=O)c1Cc1ccccc1. The molecule has 1 saturated heterocycles. The first-order valence-electron chi connectivity index (χ1n) is 12.8. The Morgan fingerprint density at radius 1 is 0.917 bits per heavy atom. The van der Waals surface area contributed by atoms with Crippen molar-refractivity contribution < 1.29 is 4.79 Å². The van der Waals surface area contributed by atoms with Gasteiger partial charge in [-0.2, -0.15) is 0 Å². The molecule has 1 amide bonds. The number of carbonyl (C=O) groups excluding carboxylic acids is 1. The number of hydrogen-bond acceptors (Lipinski definition) is 5. The van der Waals surface area contributed by atoms with Crippen LogP contribution in [0, 0.1) is 6.92 Å². The Hall–Kier alpha value is -2.90. The van der Waals surface area contributed by atoms with Crippen LogP contribution in [0.15, 0.2) is 70.6 Å². The Morgan fingerprint density at radius 3 is 2.22 bits per heavy atom. The van der Waals surface area contributed by atoms with Crippen LogP contribution in [-0.2, 0) is 24.8 Å². The van der Waals surface area contributed by atoms with Crippen molar-refractivity contribution in [3.05, 3.63) is 93.4 Å². The van der Waals surface area contributed by atoms with E-state index in [0.717, 1.165) is 73.3 Å². The Labute approximate surface area is 218 Å². The predicted octanol–water partition coefficient (Wildman–Crippen LogP) is 4.29. The summed E-state index contributed by atoms with van der Waals surface area (Å²) in [5.74, 6) is 1.10. The minimum Gasteiger partial charge on any atom is -0.340 e. The molecule has 2 aromatic carbocycles. The summed E-state index contributed by atoms with van der Waals surface area (Å²) in [7, 11) is 1.80. The van der Waals surface area contributed by atoms with E-state index in [4.69, 9.17) is 4.98 Å². The lowest BCUT2D eigenvalue weighted by Gasteiger charge is -2.34. The molecule has 0 saturated carbocycles. The van der Waals surface area contributed by atoms with Gasteiger partial charge >= 0.3 is 0 Å². The molecule has 2 heterocycles. The molecular weight excluding hydrogens is 468 g/mol. The third-order valence-electron chi connectivity index (χ3n) is 6.76. The number of hydrogen-bond donors (Lipinski definition) is 0. The summed E-state index contributed by atoms with van der Waals surface area (Å²) in [6.45, 7) is 6.33. The number of unbranched alkanes of at least 4 members (excludes halogenated alkanes) is 1. The van der Waals surface area contributed by atoms with Crippen LogP contribution in [0.25, 0.3) is 0 Å². The summed E-state index contributed by atoms with van der Waals surface area (Å²) in [6, 6.07) is 20.5. The van der Waals surface area contributed by atoms with Crippen LogP contribution in [0.1, 0.15) is 41.6 Å². The molecule has 1 aromatic heterocycles. The van der Waals surface area contributed by atoms with Crippen molar-refractivity contribution in [2.75, 3.05) is 31.9 Å². The van der Waals surface area contributed by atoms with E-state index in [9.17, 15) is 9.59 Å². The van der Waals surface area contributed by atoms with Gasteiger partial charge in [-0.25, -0.2) is 4.98 Å². The summed E-state index contributed by atoms with van der Waals surface area (Å²) in [6.07, 6.45) is 2.96. The van der Waals surface area contributed by atoms with Gasteiger partial charge in [-0.15, -0.1) is 0 Å². The minimum atomic E-state index is 0.0236. The molecule has 0 aliphatic carbocycles. The van der Waals surface area contributed by atoms with E-state index in [1.165, 1.54) is 5.56 Å². The van der Waals surface area contributed by atoms with Gasteiger partial charge in [-0.3, -0.25) is 19.1 Å². The second-order valence-corrected chi connectivity index (χ2v) is 10.5. The zero-order valence-electron chi connectivity index (χ0n) is 21.4. The molecule has 1 aliphatic rings. The van der Waals surface area contributed by atoms with E-state index in [-0.39, 0.29) is 11.5 Å². The van der Waals surface area contributed by atoms with Gasteiger partial charge in [0, 0.05) is 69.6 Å². The average molecular weight is 505 g/mol. The van der Waals surface area contributed by atoms with E-state index in [0.29, 0.717) is 12.8 Å². The minimum absolute atomic E-state index is 0.0236. The second kappa shape index (κ2) is 12.9. The van der Waals surface area contributed by atoms with Gasteiger partial charge in [-0.1, -0.05) is 72.4 Å². The van der Waals surface area contributed by atoms with Gasteiger partial charge in [0.15, 0.2) is 5.16 Å². The van der Waals surface area contributed by atoms with Crippen LogP contribution in [0.4, 0.5) is 0 Å². The first-order chi connectivity index (χ1) is 17.5. The van der Waals surface area contributed by atoms with Crippen LogP contribution in [0.3, 0.4) is 0 Å². The van der Waals surface area contributed by atoms with Crippen molar-refractivity contribution in [3.63, 3.8) is 0 Å². The molecule has 7 heteroatoms. The number of aryl methyl sites for hydroxylation is 1. The summed E-state index contributed by atoms with van der Waals surface area (Å²) < 4.78 is 1.66. The zero-order chi connectivity index (χ0) is 25.3. The first-order valence-corrected chi connectivity index (χ1v) is 13.8. The van der Waals surface area contributed by atoms with Crippen molar-refractivity contribution in [2.45, 2.75) is 44.3 Å². The van der Waals surface area contributed by atoms with Crippen LogP contribution < -0.4 is 5.56 Å². The maximum absolute atomic E-state index is 12.9. The highest BCUT2D eigenvalue weighted by Crippen LogP contribution is 2.19. The van der Waals surface area contributed by atoms with Crippen molar-refractivity contribution in [2.24, 2.45) is 7.05 Å². The molecule has 0 atom stereocenters.